The highest BCUT2D eigenvalue weighted by Gasteiger charge is 2.89. The molecule has 0 aliphatic carbocycles. The number of nitrogens with two attached hydrogens (primary N) is 1. The second kappa shape index (κ2) is 13.1. The van der Waals surface area contributed by atoms with Gasteiger partial charge in [0.15, 0.2) is 0 Å². The predicted molar refractivity (Wildman–Crippen MR) is 108 cm³/mol. The van der Waals surface area contributed by atoms with Crippen molar-refractivity contribution >= 4 is 12.6 Å². The summed E-state index contributed by atoms with van der Waals surface area (Å²) in [6, 6.07) is 0. The van der Waals surface area contributed by atoms with Crippen molar-refractivity contribution in [1.82, 2.24) is 0 Å². The Morgan fingerprint density at radius 1 is 0.412 bits per heavy atom. The van der Waals surface area contributed by atoms with Crippen LogP contribution < -0.4 is 5.73 Å². The van der Waals surface area contributed by atoms with Gasteiger partial charge in [-0.2, -0.15) is 65.3 Å². The van der Waals surface area contributed by atoms with E-state index in [1.807, 2.05) is 0 Å². The maximum Gasteiger partial charge on any atom is 0.384 e. The number of unbranched alkanes of at least 4 members (excludes halogenated alkanes) is 8. The van der Waals surface area contributed by atoms with Gasteiger partial charge >= 0.3 is 35.5 Å². The second-order valence-electron chi connectivity index (χ2n) is 8.25. The van der Waals surface area contributed by atoms with Crippen LogP contribution in [0.15, 0.2) is 0 Å². The van der Waals surface area contributed by atoms with E-state index >= 15 is 0 Å². The van der Waals surface area contributed by atoms with Crippen LogP contribution in [0.3, 0.4) is 0 Å². The van der Waals surface area contributed by atoms with Crippen molar-refractivity contribution in [2.75, 3.05) is 12.3 Å². The zero-order valence-electron chi connectivity index (χ0n) is 18.5. The maximum atomic E-state index is 13.8. The molecule has 14 heteroatoms. The Labute approximate surface area is 196 Å². The van der Waals surface area contributed by atoms with Crippen molar-refractivity contribution < 1.29 is 52.7 Å². The summed E-state index contributed by atoms with van der Waals surface area (Å²) >= 11 is 4.04. The molecule has 0 radical (unpaired) electrons. The summed E-state index contributed by atoms with van der Waals surface area (Å²) in [5, 5.41) is 0. The molecule has 0 heterocycles. The quantitative estimate of drug-likeness (QED) is 0.0952. The van der Waals surface area contributed by atoms with Gasteiger partial charge in [0.2, 0.25) is 0 Å². The molecule has 206 valence electrons. The number of hydrogen-bond acceptors (Lipinski definition) is 2. The largest absolute Gasteiger partial charge is 0.384 e. The van der Waals surface area contributed by atoms with E-state index in [1.54, 1.807) is 0 Å². The highest BCUT2D eigenvalue weighted by atomic mass is 32.1. The molecule has 1 nitrogen and oxygen atoms in total. The fourth-order valence-electron chi connectivity index (χ4n) is 3.19. The van der Waals surface area contributed by atoms with E-state index in [9.17, 15) is 52.7 Å². The topological polar surface area (TPSA) is 26.0 Å². The number of halogens is 12. The van der Waals surface area contributed by atoms with E-state index in [0.29, 0.717) is 12.8 Å². The Balaban J connectivity index is 5.17. The van der Waals surface area contributed by atoms with Gasteiger partial charge in [0.1, 0.15) is 0 Å². The lowest BCUT2D eigenvalue weighted by Crippen LogP contribution is -2.70. The van der Waals surface area contributed by atoms with Crippen LogP contribution in [0.1, 0.15) is 77.0 Å². The fraction of sp³-hybridized carbons (Fsp3) is 1.00. The zero-order chi connectivity index (χ0) is 26.9. The number of thiol groups is 1. The van der Waals surface area contributed by atoms with E-state index in [0.717, 1.165) is 31.4 Å². The Bertz CT molecular complexity index is 584. The van der Waals surface area contributed by atoms with Crippen LogP contribution in [0.4, 0.5) is 52.7 Å². The molecule has 0 unspecified atom stereocenters. The van der Waals surface area contributed by atoms with Crippen LogP contribution in [-0.2, 0) is 0 Å². The minimum atomic E-state index is -7.49. The van der Waals surface area contributed by atoms with Crippen LogP contribution in [0.5, 0.6) is 0 Å². The molecule has 0 spiro atoms. The molecule has 0 bridgehead atoms. The first-order chi connectivity index (χ1) is 15.4. The van der Waals surface area contributed by atoms with Gasteiger partial charge in [0, 0.05) is 12.8 Å². The van der Waals surface area contributed by atoms with Gasteiger partial charge < -0.3 is 5.73 Å². The van der Waals surface area contributed by atoms with Gasteiger partial charge in [-0.15, -0.1) is 0 Å². The third-order valence-corrected chi connectivity index (χ3v) is 5.76. The molecule has 0 saturated carbocycles. The van der Waals surface area contributed by atoms with Crippen LogP contribution >= 0.6 is 12.6 Å². The van der Waals surface area contributed by atoms with Gasteiger partial charge in [0.25, 0.3) is 0 Å². The van der Waals surface area contributed by atoms with E-state index in [2.05, 4.69) is 12.6 Å². The minimum absolute atomic E-state index is 0.127. The van der Waals surface area contributed by atoms with Crippen molar-refractivity contribution in [1.29, 1.82) is 0 Å². The summed E-state index contributed by atoms with van der Waals surface area (Å²) in [6.07, 6.45) is -0.990. The third kappa shape index (κ3) is 7.49. The van der Waals surface area contributed by atoms with Gasteiger partial charge in [-0.1, -0.05) is 44.9 Å². The summed E-state index contributed by atoms with van der Waals surface area (Å²) in [5.41, 5.74) is 4.77. The van der Waals surface area contributed by atoms with E-state index in [4.69, 9.17) is 5.73 Å². The van der Waals surface area contributed by atoms with Gasteiger partial charge in [-0.25, -0.2) is 0 Å². The molecule has 0 aliphatic heterocycles. The lowest BCUT2D eigenvalue weighted by Gasteiger charge is -2.41. The van der Waals surface area contributed by atoms with Crippen molar-refractivity contribution in [2.24, 2.45) is 5.73 Å². The number of hydrogen-bond donors (Lipinski definition) is 2. The van der Waals surface area contributed by atoms with Crippen molar-refractivity contribution in [3.05, 3.63) is 0 Å². The van der Waals surface area contributed by atoms with Crippen molar-refractivity contribution in [3.8, 4) is 0 Å². The summed E-state index contributed by atoms with van der Waals surface area (Å²) in [6.45, 7) is -0.724. The molecule has 0 aromatic heterocycles. The maximum absolute atomic E-state index is 13.8. The van der Waals surface area contributed by atoms with Crippen LogP contribution in [0, 0.1) is 0 Å². The van der Waals surface area contributed by atoms with Gasteiger partial charge in [0.05, 0.1) is 0 Å². The van der Waals surface area contributed by atoms with Crippen molar-refractivity contribution in [2.45, 2.75) is 113 Å². The normalized spacial score (nSPS) is 14.6. The molecule has 2 N–H and O–H groups in total. The molecule has 0 aromatic rings. The molecular formula is C20H31F12NS. The first kappa shape index (κ1) is 33.5. The molecular weight excluding hydrogens is 514 g/mol. The molecule has 0 atom stereocenters. The van der Waals surface area contributed by atoms with E-state index in [1.165, 1.54) is 0 Å². The minimum Gasteiger partial charge on any atom is -0.330 e. The Morgan fingerprint density at radius 3 is 1.03 bits per heavy atom. The first-order valence-corrected chi connectivity index (χ1v) is 11.6. The second-order valence-corrected chi connectivity index (χ2v) is 8.70. The highest BCUT2D eigenvalue weighted by molar-refractivity contribution is 7.80. The average molecular weight is 546 g/mol. The highest BCUT2D eigenvalue weighted by Crippen LogP contribution is 2.61. The number of rotatable bonds is 19. The summed E-state index contributed by atoms with van der Waals surface area (Å²) in [7, 11) is 0. The lowest BCUT2D eigenvalue weighted by molar-refractivity contribution is -0.425. The Hall–Kier alpha value is -0.530. The standard InChI is InChI=1S/C20H31F12NS/c21-15(22,11-8-6-4-2-1-3-5-7-9-14-34)17(25,26)19(29,30)20(31,32)18(27,28)16(23,24)12-10-13-33/h34H,1-14,33H2. The smallest absolute Gasteiger partial charge is 0.330 e. The van der Waals surface area contributed by atoms with Gasteiger partial charge in [-0.3, -0.25) is 0 Å². The van der Waals surface area contributed by atoms with Crippen molar-refractivity contribution in [3.63, 3.8) is 0 Å². The predicted octanol–water partition coefficient (Wildman–Crippen LogP) is 8.37. The third-order valence-electron chi connectivity index (χ3n) is 5.45. The number of alkyl halides is 12. The van der Waals surface area contributed by atoms with E-state index in [-0.39, 0.29) is 12.8 Å². The molecule has 0 aromatic carbocycles. The molecule has 0 saturated heterocycles. The van der Waals surface area contributed by atoms with Crippen LogP contribution in [0.25, 0.3) is 0 Å². The molecule has 34 heavy (non-hydrogen) atoms. The van der Waals surface area contributed by atoms with Gasteiger partial charge in [-0.05, 0) is 31.6 Å². The summed E-state index contributed by atoms with van der Waals surface area (Å²) in [4.78, 5) is 0. The monoisotopic (exact) mass is 545 g/mol. The van der Waals surface area contributed by atoms with E-state index < -0.39 is 67.8 Å². The molecule has 0 amide bonds. The van der Waals surface area contributed by atoms with Crippen LogP contribution in [-0.4, -0.2) is 47.8 Å². The fourth-order valence-corrected chi connectivity index (χ4v) is 3.41. The molecule has 0 rings (SSSR count). The van der Waals surface area contributed by atoms with Crippen LogP contribution in [0.2, 0.25) is 0 Å². The first-order valence-electron chi connectivity index (χ1n) is 10.9. The average Bonchev–Trinajstić information content (AvgIpc) is 2.72. The Kier molecular flexibility index (Phi) is 12.9. The summed E-state index contributed by atoms with van der Waals surface area (Å²) in [5.74, 6) is -40.1. The SMILES string of the molecule is NCCCC(F)(F)C(F)(F)C(F)(F)C(F)(F)C(F)(F)C(F)(F)CCCCCCCCCCCS. The lowest BCUT2D eigenvalue weighted by atomic mass is 9.88. The summed E-state index contributed by atoms with van der Waals surface area (Å²) < 4.78 is 165. The molecule has 0 fully saturated rings. The zero-order valence-corrected chi connectivity index (χ0v) is 19.4. The Morgan fingerprint density at radius 2 is 0.706 bits per heavy atom. The molecule has 0 aliphatic rings.